The highest BCUT2D eigenvalue weighted by atomic mass is 32.1. The smallest absolute Gasteiger partial charge is 0.264 e. The summed E-state index contributed by atoms with van der Waals surface area (Å²) in [5.74, 6) is 0. The first-order valence-corrected chi connectivity index (χ1v) is 26.7. The van der Waals surface area contributed by atoms with Crippen molar-refractivity contribution in [3.05, 3.63) is 110 Å². The SMILES string of the molecule is Cc1cc2c3c(c1)N(c1cc4c(cc1C)C(C)(C)CCC4(C)C)c1c(sc4c1C(C)(C)CCC4(C)C)B3c1ccc3c(c1N2c1ccc2c(c1)C(C)(C)CCC2(C)C)C(C)(C)CCC3(C)C. The molecule has 0 atom stereocenters. The molecule has 0 fully saturated rings. The second kappa shape index (κ2) is 13.5. The van der Waals surface area contributed by atoms with Crippen LogP contribution in [0.4, 0.5) is 34.1 Å². The van der Waals surface area contributed by atoms with Crippen LogP contribution in [0.5, 0.6) is 0 Å². The van der Waals surface area contributed by atoms with E-state index in [1.807, 2.05) is 0 Å². The van der Waals surface area contributed by atoms with E-state index in [9.17, 15) is 0 Å². The normalized spacial score (nSPS) is 23.4. The molecule has 5 aromatic rings. The van der Waals surface area contributed by atoms with Crippen LogP contribution in [0.15, 0.2) is 54.6 Å². The van der Waals surface area contributed by atoms with E-state index < -0.39 is 0 Å². The molecule has 66 heavy (non-hydrogen) atoms. The van der Waals surface area contributed by atoms with Gasteiger partial charge in [0.15, 0.2) is 0 Å². The lowest BCUT2D eigenvalue weighted by molar-refractivity contribution is 0.331. The Hall–Kier alpha value is -3.76. The van der Waals surface area contributed by atoms with Gasteiger partial charge in [0.2, 0.25) is 0 Å². The number of fused-ring (bicyclic) bond motifs is 10. The molecule has 0 unspecified atom stereocenters. The molecular weight excluding hydrogens is 816 g/mol. The molecule has 11 rings (SSSR count). The fourth-order valence-electron chi connectivity index (χ4n) is 14.3. The highest BCUT2D eigenvalue weighted by Gasteiger charge is 2.53. The van der Waals surface area contributed by atoms with Crippen LogP contribution in [-0.2, 0) is 43.3 Å². The molecule has 346 valence electrons. The number of anilines is 6. The molecule has 0 saturated carbocycles. The van der Waals surface area contributed by atoms with Gasteiger partial charge in [0.1, 0.15) is 0 Å². The molecule has 0 saturated heterocycles. The molecule has 1 aromatic heterocycles. The highest BCUT2D eigenvalue weighted by Crippen LogP contribution is 2.60. The number of rotatable bonds is 2. The minimum atomic E-state index is 0.0110. The average Bonchev–Trinajstić information content (AvgIpc) is 3.65. The zero-order valence-electron chi connectivity index (χ0n) is 44.2. The molecule has 6 aliphatic rings. The topological polar surface area (TPSA) is 6.48 Å². The second-order valence-corrected chi connectivity index (χ2v) is 28.8. The molecular formula is C62H79BN2S. The molecule has 3 heterocycles. The molecule has 0 radical (unpaired) electrons. The highest BCUT2D eigenvalue weighted by molar-refractivity contribution is 7.29. The maximum absolute atomic E-state index is 2.84. The van der Waals surface area contributed by atoms with E-state index in [-0.39, 0.29) is 50.0 Å². The van der Waals surface area contributed by atoms with Gasteiger partial charge in [-0.15, -0.1) is 0 Å². The molecule has 0 bridgehead atoms. The lowest BCUT2D eigenvalue weighted by Gasteiger charge is -2.50. The van der Waals surface area contributed by atoms with Crippen LogP contribution in [0.3, 0.4) is 0 Å². The minimum Gasteiger partial charge on any atom is -0.311 e. The number of hydrogen-bond acceptors (Lipinski definition) is 3. The van der Waals surface area contributed by atoms with Gasteiger partial charge in [-0.2, -0.15) is 11.3 Å². The van der Waals surface area contributed by atoms with Gasteiger partial charge in [-0.05, 0) is 200 Å². The molecule has 2 nitrogen and oxygen atoms in total. The van der Waals surface area contributed by atoms with Gasteiger partial charge in [-0.1, -0.05) is 135 Å². The molecule has 0 N–H and O–H groups in total. The van der Waals surface area contributed by atoms with E-state index >= 15 is 0 Å². The van der Waals surface area contributed by atoms with E-state index in [2.05, 4.69) is 200 Å². The summed E-state index contributed by atoms with van der Waals surface area (Å²) >= 11 is 2.18. The summed E-state index contributed by atoms with van der Waals surface area (Å²) in [7, 11) is 0. The Kier molecular flexibility index (Phi) is 9.16. The summed E-state index contributed by atoms with van der Waals surface area (Å²) < 4.78 is 1.56. The number of benzene rings is 4. The van der Waals surface area contributed by atoms with E-state index in [0.29, 0.717) is 0 Å². The zero-order chi connectivity index (χ0) is 47.4. The summed E-state index contributed by atoms with van der Waals surface area (Å²) in [5, 5.41) is 0. The van der Waals surface area contributed by atoms with E-state index in [1.54, 1.807) is 31.9 Å². The van der Waals surface area contributed by atoms with Crippen molar-refractivity contribution in [1.82, 2.24) is 0 Å². The summed E-state index contributed by atoms with van der Waals surface area (Å²) in [4.78, 5) is 7.27. The van der Waals surface area contributed by atoms with Crippen molar-refractivity contribution in [3.8, 4) is 0 Å². The summed E-state index contributed by atoms with van der Waals surface area (Å²) in [6.07, 6.45) is 9.63. The van der Waals surface area contributed by atoms with Gasteiger partial charge in [0.25, 0.3) is 6.71 Å². The van der Waals surface area contributed by atoms with Crippen LogP contribution >= 0.6 is 11.3 Å². The van der Waals surface area contributed by atoms with Crippen molar-refractivity contribution in [2.45, 2.75) is 219 Å². The Morgan fingerprint density at radius 2 is 0.894 bits per heavy atom. The summed E-state index contributed by atoms with van der Waals surface area (Å²) in [6, 6.07) is 23.4. The van der Waals surface area contributed by atoms with Crippen molar-refractivity contribution in [2.75, 3.05) is 9.80 Å². The zero-order valence-corrected chi connectivity index (χ0v) is 45.0. The third-order valence-electron chi connectivity index (χ3n) is 19.1. The minimum absolute atomic E-state index is 0.0110. The first kappa shape index (κ1) is 44.7. The fraction of sp³-hybridized carbons (Fsp3) is 0.548. The van der Waals surface area contributed by atoms with Gasteiger partial charge < -0.3 is 9.80 Å². The molecule has 0 spiro atoms. The van der Waals surface area contributed by atoms with Gasteiger partial charge in [-0.3, -0.25) is 0 Å². The number of aryl methyl sites for hydroxylation is 2. The molecule has 2 aliphatic heterocycles. The Bertz CT molecular complexity index is 2920. The first-order valence-electron chi connectivity index (χ1n) is 25.9. The van der Waals surface area contributed by atoms with Crippen LogP contribution in [0, 0.1) is 13.8 Å². The summed E-state index contributed by atoms with van der Waals surface area (Å²) in [6.45, 7) is 45.2. The molecule has 0 amide bonds. The van der Waals surface area contributed by atoms with Crippen LogP contribution in [0.25, 0.3) is 0 Å². The van der Waals surface area contributed by atoms with Gasteiger partial charge >= 0.3 is 0 Å². The Morgan fingerprint density at radius 1 is 0.424 bits per heavy atom. The maximum atomic E-state index is 2.84. The predicted molar refractivity (Wildman–Crippen MR) is 289 cm³/mol. The van der Waals surface area contributed by atoms with E-state index in [1.165, 1.54) is 124 Å². The average molecular weight is 895 g/mol. The first-order chi connectivity index (χ1) is 30.5. The number of nitrogens with zero attached hydrogens (tertiary/aromatic N) is 2. The third-order valence-corrected chi connectivity index (χ3v) is 20.8. The van der Waals surface area contributed by atoms with Crippen LogP contribution in [0.2, 0.25) is 0 Å². The number of hydrogen-bond donors (Lipinski definition) is 0. The molecule has 4 aromatic carbocycles. The largest absolute Gasteiger partial charge is 0.311 e. The Morgan fingerprint density at radius 3 is 1.50 bits per heavy atom. The van der Waals surface area contributed by atoms with Crippen molar-refractivity contribution in [1.29, 1.82) is 0 Å². The van der Waals surface area contributed by atoms with Crippen molar-refractivity contribution < 1.29 is 0 Å². The Balaban J connectivity index is 1.30. The summed E-state index contributed by atoms with van der Waals surface area (Å²) in [5.41, 5.74) is 25.7. The van der Waals surface area contributed by atoms with Gasteiger partial charge in [-0.25, -0.2) is 0 Å². The predicted octanol–water partition coefficient (Wildman–Crippen LogP) is 15.8. The van der Waals surface area contributed by atoms with Crippen molar-refractivity contribution in [2.24, 2.45) is 0 Å². The molecule has 4 aliphatic carbocycles. The van der Waals surface area contributed by atoms with Crippen molar-refractivity contribution in [3.63, 3.8) is 0 Å². The van der Waals surface area contributed by atoms with Gasteiger partial charge in [0.05, 0.1) is 5.69 Å². The van der Waals surface area contributed by atoms with Crippen LogP contribution in [-0.4, -0.2) is 6.71 Å². The van der Waals surface area contributed by atoms with E-state index in [4.69, 9.17) is 0 Å². The third kappa shape index (κ3) is 6.10. The monoisotopic (exact) mass is 895 g/mol. The Labute approximate surface area is 404 Å². The second-order valence-electron chi connectivity index (χ2n) is 27.8. The quantitative estimate of drug-likeness (QED) is 0.160. The van der Waals surface area contributed by atoms with Crippen LogP contribution in [0.1, 0.15) is 217 Å². The van der Waals surface area contributed by atoms with Crippen molar-refractivity contribution >= 4 is 67.9 Å². The van der Waals surface area contributed by atoms with Crippen LogP contribution < -0.4 is 25.5 Å². The number of thiophene rings is 1. The van der Waals surface area contributed by atoms with Gasteiger partial charge in [0, 0.05) is 38.1 Å². The standard InChI is InChI=1S/C62H79BN2S/c1-36-31-46-50-47(32-36)65(45-35-43-41(33-37(45)2)57(7,8)25-26-59(43,11)12)52-49-53(62(17,18)30-29-61(49,15)16)66-54(52)63(50)44-22-21-40-48(60(13,14)28-27-56(40,5)6)51(44)64(46)38-19-20-39-42(34-38)58(9,10)24-23-55(39,3)4/h19-22,31-35H,23-30H2,1-18H3. The maximum Gasteiger partial charge on any atom is 0.264 e. The fourth-order valence-corrected chi connectivity index (χ4v) is 16.0. The van der Waals surface area contributed by atoms with E-state index in [0.717, 1.165) is 0 Å². The lowest BCUT2D eigenvalue weighted by atomic mass is 9.35. The lowest BCUT2D eigenvalue weighted by Crippen LogP contribution is -2.61. The molecule has 4 heteroatoms.